The molecule has 0 aliphatic rings. The first-order valence-corrected chi connectivity index (χ1v) is 37.4. The topological polar surface area (TPSA) is 105 Å². The molecule has 0 rings (SSSR count). The maximum absolute atomic E-state index is 13.0. The molecule has 3 unspecified atom stereocenters. The van der Waals surface area contributed by atoms with E-state index in [1.54, 1.807) is 6.08 Å². The van der Waals surface area contributed by atoms with Gasteiger partial charge in [0, 0.05) is 6.42 Å². The van der Waals surface area contributed by atoms with Crippen LogP contribution in [-0.4, -0.2) is 73.4 Å². The quantitative estimate of drug-likeness (QED) is 0.0243. The minimum atomic E-state index is -4.36. The van der Waals surface area contributed by atoms with Gasteiger partial charge in [0.25, 0.3) is 0 Å². The summed E-state index contributed by atoms with van der Waals surface area (Å²) in [7, 11) is 1.56. The Balaban J connectivity index is 4.01. The van der Waals surface area contributed by atoms with E-state index in [1.165, 1.54) is 302 Å². The Hall–Kier alpha value is -1.28. The Kier molecular flexibility index (Phi) is 62.2. The van der Waals surface area contributed by atoms with Crippen LogP contribution in [0, 0.1) is 0 Å². The largest absolute Gasteiger partial charge is 0.472 e. The van der Waals surface area contributed by atoms with Gasteiger partial charge in [-0.25, -0.2) is 4.57 Å². The third-order valence-electron chi connectivity index (χ3n) is 16.6. The fraction of sp³-hybridized carbons (Fsp3) is 0.903. The number of unbranched alkanes of at least 4 members (excludes halogenated alkanes) is 50. The number of aliphatic hydroxyl groups excluding tert-OH is 1. The first-order chi connectivity index (χ1) is 39.5. The van der Waals surface area contributed by atoms with Crippen molar-refractivity contribution in [3.63, 3.8) is 0 Å². The monoisotopic (exact) mass is 1160 g/mol. The molecular formula is C72H142N2O6P+. The Morgan fingerprint density at radius 1 is 0.407 bits per heavy atom. The highest BCUT2D eigenvalue weighted by Crippen LogP contribution is 2.43. The number of hydrogen-bond donors (Lipinski definition) is 3. The fourth-order valence-corrected chi connectivity index (χ4v) is 11.8. The van der Waals surface area contributed by atoms with E-state index in [9.17, 15) is 19.4 Å². The van der Waals surface area contributed by atoms with Crippen LogP contribution in [0.25, 0.3) is 0 Å². The first kappa shape index (κ1) is 79.7. The predicted molar refractivity (Wildman–Crippen MR) is 355 cm³/mol. The standard InChI is InChI=1S/C72H141N2O6P/c1-6-8-10-12-14-16-18-20-22-24-26-28-30-31-32-33-34-35-36-37-38-39-40-41-42-44-46-48-50-52-54-56-58-60-62-64-66-72(76)73-70(69-80-81(77,78)79-68-67-74(3,4)5)71(75)65-63-61-59-57-55-53-51-49-47-45-43-29-27-25-23-21-19-17-15-13-11-9-7-2/h47,49,55,57,63,65,70-71,75H,6-46,48,50-54,56,58-62,64,66-69H2,1-5H3,(H-,73,76,77,78)/p+1/b49-47+,57-55+,65-63+. The smallest absolute Gasteiger partial charge is 0.387 e. The van der Waals surface area contributed by atoms with E-state index in [-0.39, 0.29) is 19.1 Å². The highest BCUT2D eigenvalue weighted by atomic mass is 31.2. The molecule has 0 aromatic heterocycles. The van der Waals surface area contributed by atoms with Crippen LogP contribution < -0.4 is 5.32 Å². The molecule has 0 spiro atoms. The minimum absolute atomic E-state index is 0.0554. The molecule has 0 radical (unpaired) electrons. The van der Waals surface area contributed by atoms with Gasteiger partial charge >= 0.3 is 7.82 Å². The number of likely N-dealkylation sites (N-methyl/N-ethyl adjacent to an activating group) is 1. The van der Waals surface area contributed by atoms with Gasteiger partial charge in [-0.1, -0.05) is 352 Å². The summed E-state index contributed by atoms with van der Waals surface area (Å²) in [5.41, 5.74) is 0. The molecule has 0 bridgehead atoms. The summed E-state index contributed by atoms with van der Waals surface area (Å²) in [4.78, 5) is 23.4. The number of quaternary nitrogens is 1. The molecule has 9 heteroatoms. The van der Waals surface area contributed by atoms with E-state index in [4.69, 9.17) is 9.05 Å². The molecule has 0 aromatic carbocycles. The molecule has 1 amide bonds. The van der Waals surface area contributed by atoms with Crippen molar-refractivity contribution in [2.75, 3.05) is 40.9 Å². The normalized spacial score (nSPS) is 13.8. The molecule has 0 aliphatic carbocycles. The second-order valence-corrected chi connectivity index (χ2v) is 27.4. The van der Waals surface area contributed by atoms with E-state index >= 15 is 0 Å². The molecule has 3 atom stereocenters. The summed E-state index contributed by atoms with van der Waals surface area (Å²) < 4.78 is 23.8. The number of nitrogens with one attached hydrogen (secondary N) is 1. The van der Waals surface area contributed by atoms with E-state index in [2.05, 4.69) is 43.5 Å². The van der Waals surface area contributed by atoms with Crippen molar-refractivity contribution in [3.05, 3.63) is 36.5 Å². The summed E-state index contributed by atoms with van der Waals surface area (Å²) in [6.45, 7) is 4.84. The zero-order chi connectivity index (χ0) is 59.1. The number of hydrogen-bond acceptors (Lipinski definition) is 5. The summed E-state index contributed by atoms with van der Waals surface area (Å²) in [5.74, 6) is -0.183. The van der Waals surface area contributed by atoms with Gasteiger partial charge in [-0.15, -0.1) is 0 Å². The van der Waals surface area contributed by atoms with Crippen molar-refractivity contribution in [2.24, 2.45) is 0 Å². The number of rotatable bonds is 67. The van der Waals surface area contributed by atoms with E-state index in [1.807, 2.05) is 27.2 Å². The molecule has 0 saturated carbocycles. The molecule has 81 heavy (non-hydrogen) atoms. The molecule has 8 nitrogen and oxygen atoms in total. The first-order valence-electron chi connectivity index (χ1n) is 35.9. The molecule has 480 valence electrons. The zero-order valence-corrected chi connectivity index (χ0v) is 55.9. The van der Waals surface area contributed by atoms with Crippen molar-refractivity contribution in [1.82, 2.24) is 5.32 Å². The van der Waals surface area contributed by atoms with Crippen molar-refractivity contribution < 1.29 is 32.9 Å². The van der Waals surface area contributed by atoms with Crippen LogP contribution in [-0.2, 0) is 18.4 Å². The van der Waals surface area contributed by atoms with E-state index in [0.29, 0.717) is 17.4 Å². The fourth-order valence-electron chi connectivity index (χ4n) is 11.0. The Morgan fingerprint density at radius 3 is 0.988 bits per heavy atom. The number of phosphoric acid groups is 1. The number of aliphatic hydroxyl groups is 1. The lowest BCUT2D eigenvalue weighted by Crippen LogP contribution is -2.45. The third-order valence-corrected chi connectivity index (χ3v) is 17.6. The van der Waals surface area contributed by atoms with Crippen LogP contribution in [0.15, 0.2) is 36.5 Å². The number of allylic oxidation sites excluding steroid dienone is 5. The van der Waals surface area contributed by atoms with Crippen LogP contribution in [0.3, 0.4) is 0 Å². The Labute approximate surface area is 506 Å². The SMILES string of the molecule is CCCCCCCCCCCCCCC/C=C/CC/C=C/CC/C=C/C(O)C(COP(=O)(O)OCC[N+](C)(C)C)NC(=O)CCCCCCCCCCCCCCCCCCCCCCCCCCCCCCCCCCCCCC. The maximum Gasteiger partial charge on any atom is 0.472 e. The summed E-state index contributed by atoms with van der Waals surface area (Å²) in [6, 6.07) is -0.869. The van der Waals surface area contributed by atoms with Gasteiger partial charge in [0.15, 0.2) is 0 Å². The second-order valence-electron chi connectivity index (χ2n) is 26.0. The van der Waals surface area contributed by atoms with Crippen LogP contribution >= 0.6 is 7.82 Å². The van der Waals surface area contributed by atoms with E-state index in [0.717, 1.165) is 44.9 Å². The van der Waals surface area contributed by atoms with Gasteiger partial charge in [0.1, 0.15) is 13.2 Å². The van der Waals surface area contributed by atoms with Crippen LogP contribution in [0.1, 0.15) is 367 Å². The van der Waals surface area contributed by atoms with Crippen LogP contribution in [0.5, 0.6) is 0 Å². The number of amides is 1. The average molecular weight is 1160 g/mol. The van der Waals surface area contributed by atoms with Crippen molar-refractivity contribution in [3.8, 4) is 0 Å². The van der Waals surface area contributed by atoms with Gasteiger partial charge in [-0.05, 0) is 44.9 Å². The predicted octanol–water partition coefficient (Wildman–Crippen LogP) is 22.8. The van der Waals surface area contributed by atoms with Gasteiger partial charge in [-0.3, -0.25) is 13.8 Å². The number of nitrogens with zero attached hydrogens (tertiary/aromatic N) is 1. The van der Waals surface area contributed by atoms with Gasteiger partial charge in [0.05, 0.1) is 39.9 Å². The lowest BCUT2D eigenvalue weighted by Gasteiger charge is -2.25. The molecule has 0 aromatic rings. The summed E-state index contributed by atoms with van der Waals surface area (Å²) >= 11 is 0. The van der Waals surface area contributed by atoms with Crippen molar-refractivity contribution in [2.45, 2.75) is 379 Å². The molecule has 0 fully saturated rings. The molecular weight excluding hydrogens is 1020 g/mol. The Bertz CT molecular complexity index is 1410. The highest BCUT2D eigenvalue weighted by molar-refractivity contribution is 7.47. The van der Waals surface area contributed by atoms with Gasteiger partial charge < -0.3 is 19.8 Å². The summed E-state index contributed by atoms with van der Waals surface area (Å²) in [5, 5.41) is 14.0. The van der Waals surface area contributed by atoms with Crippen LogP contribution in [0.2, 0.25) is 0 Å². The average Bonchev–Trinajstić information content (AvgIpc) is 3.43. The number of phosphoric ester groups is 1. The number of carbonyl (C=O) groups is 1. The molecule has 0 heterocycles. The van der Waals surface area contributed by atoms with Crippen molar-refractivity contribution >= 4 is 13.7 Å². The second kappa shape index (κ2) is 63.2. The molecule has 3 N–H and O–H groups in total. The number of carbonyl (C=O) groups excluding carboxylic acids is 1. The lowest BCUT2D eigenvalue weighted by atomic mass is 10.0. The maximum atomic E-state index is 13.0. The van der Waals surface area contributed by atoms with Gasteiger partial charge in [-0.2, -0.15) is 0 Å². The van der Waals surface area contributed by atoms with Crippen LogP contribution in [0.4, 0.5) is 0 Å². The summed E-state index contributed by atoms with van der Waals surface area (Å²) in [6.07, 6.45) is 84.6. The molecule has 0 aliphatic heterocycles. The zero-order valence-electron chi connectivity index (χ0n) is 55.1. The lowest BCUT2D eigenvalue weighted by molar-refractivity contribution is -0.870. The van der Waals surface area contributed by atoms with Crippen molar-refractivity contribution in [1.29, 1.82) is 0 Å². The Morgan fingerprint density at radius 2 is 0.679 bits per heavy atom. The van der Waals surface area contributed by atoms with E-state index < -0.39 is 20.0 Å². The highest BCUT2D eigenvalue weighted by Gasteiger charge is 2.28. The van der Waals surface area contributed by atoms with Gasteiger partial charge in [0.2, 0.25) is 5.91 Å². The minimum Gasteiger partial charge on any atom is -0.387 e. The molecule has 0 saturated heterocycles. The third kappa shape index (κ3) is 66.1.